The van der Waals surface area contributed by atoms with E-state index in [1.54, 1.807) is 0 Å². The van der Waals surface area contributed by atoms with Gasteiger partial charge in [-0.05, 0) is 44.4 Å². The molecule has 1 atom stereocenters. The van der Waals surface area contributed by atoms with E-state index in [2.05, 4.69) is 11.8 Å². The highest BCUT2D eigenvalue weighted by atomic mass is 16.5. The Kier molecular flexibility index (Phi) is 5.52. The van der Waals surface area contributed by atoms with Crippen molar-refractivity contribution in [1.29, 1.82) is 0 Å². The summed E-state index contributed by atoms with van der Waals surface area (Å²) in [6.07, 6.45) is 6.45. The number of nitrogens with two attached hydrogens (primary N) is 1. The van der Waals surface area contributed by atoms with Gasteiger partial charge in [-0.2, -0.15) is 0 Å². The van der Waals surface area contributed by atoms with Crippen molar-refractivity contribution in [2.75, 3.05) is 25.4 Å². The Balaban J connectivity index is 1.70. The van der Waals surface area contributed by atoms with Crippen molar-refractivity contribution >= 4 is 5.69 Å². The minimum atomic E-state index is 0.729. The summed E-state index contributed by atoms with van der Waals surface area (Å²) < 4.78 is 5.75. The van der Waals surface area contributed by atoms with Crippen molar-refractivity contribution in [1.82, 2.24) is 4.90 Å². The first kappa shape index (κ1) is 14.2. The Morgan fingerprint density at radius 3 is 2.95 bits per heavy atom. The normalized spacial score (nSPS) is 20.4. The lowest BCUT2D eigenvalue weighted by atomic mass is 10.00. The molecule has 1 saturated heterocycles. The maximum absolute atomic E-state index is 5.85. The zero-order valence-corrected chi connectivity index (χ0v) is 12.0. The number of anilines is 1. The van der Waals surface area contributed by atoms with Gasteiger partial charge in [-0.3, -0.25) is 0 Å². The highest BCUT2D eigenvalue weighted by Crippen LogP contribution is 2.21. The van der Waals surface area contributed by atoms with Crippen molar-refractivity contribution in [2.45, 2.75) is 45.1 Å². The van der Waals surface area contributed by atoms with Crippen LogP contribution < -0.4 is 10.5 Å². The predicted molar refractivity (Wildman–Crippen MR) is 80.5 cm³/mol. The summed E-state index contributed by atoms with van der Waals surface area (Å²) in [6, 6.07) is 8.50. The van der Waals surface area contributed by atoms with Gasteiger partial charge in [0.15, 0.2) is 0 Å². The van der Waals surface area contributed by atoms with E-state index < -0.39 is 0 Å². The van der Waals surface area contributed by atoms with Gasteiger partial charge in [-0.1, -0.05) is 25.5 Å². The van der Waals surface area contributed by atoms with Gasteiger partial charge < -0.3 is 15.4 Å². The Hall–Kier alpha value is -1.22. The van der Waals surface area contributed by atoms with Crippen LogP contribution in [-0.2, 0) is 0 Å². The first-order chi connectivity index (χ1) is 9.31. The zero-order valence-electron chi connectivity index (χ0n) is 12.0. The molecule has 1 aliphatic rings. The third kappa shape index (κ3) is 4.13. The Labute approximate surface area is 116 Å². The Bertz CT molecular complexity index is 381. The molecule has 1 heterocycles. The molecular weight excluding hydrogens is 236 g/mol. The number of hydrogen-bond acceptors (Lipinski definition) is 3. The summed E-state index contributed by atoms with van der Waals surface area (Å²) in [5.41, 5.74) is 6.58. The van der Waals surface area contributed by atoms with Gasteiger partial charge >= 0.3 is 0 Å². The van der Waals surface area contributed by atoms with E-state index in [-0.39, 0.29) is 0 Å². The Morgan fingerprint density at radius 2 is 2.16 bits per heavy atom. The molecule has 2 N–H and O–H groups in total. The number of ether oxygens (including phenoxy) is 1. The molecule has 0 spiro atoms. The average Bonchev–Trinajstić information content (AvgIpc) is 2.45. The van der Waals surface area contributed by atoms with Gasteiger partial charge in [0.05, 0.1) is 12.3 Å². The number of para-hydroxylation sites is 2. The van der Waals surface area contributed by atoms with Crippen LogP contribution in [0.4, 0.5) is 5.69 Å². The van der Waals surface area contributed by atoms with Gasteiger partial charge in [0.1, 0.15) is 5.75 Å². The first-order valence-electron chi connectivity index (χ1n) is 7.52. The second kappa shape index (κ2) is 7.39. The molecule has 1 aliphatic heterocycles. The molecular formula is C16H26N2O. The lowest BCUT2D eigenvalue weighted by Crippen LogP contribution is -2.40. The van der Waals surface area contributed by atoms with Gasteiger partial charge in [0.2, 0.25) is 0 Å². The van der Waals surface area contributed by atoms with E-state index in [1.165, 1.54) is 32.2 Å². The van der Waals surface area contributed by atoms with Crippen LogP contribution >= 0.6 is 0 Å². The third-order valence-corrected chi connectivity index (χ3v) is 3.99. The number of likely N-dealkylation sites (tertiary alicyclic amines) is 1. The van der Waals surface area contributed by atoms with Gasteiger partial charge in [-0.15, -0.1) is 0 Å². The smallest absolute Gasteiger partial charge is 0.142 e. The molecule has 0 radical (unpaired) electrons. The summed E-state index contributed by atoms with van der Waals surface area (Å²) in [5.74, 6) is 0.813. The standard InChI is InChI=1S/C16H26N2O/c1-2-14-8-5-6-11-18(14)12-7-13-19-16-10-4-3-9-15(16)17/h3-4,9-10,14H,2,5-8,11-13,17H2,1H3. The lowest BCUT2D eigenvalue weighted by molar-refractivity contribution is 0.134. The summed E-state index contributed by atoms with van der Waals surface area (Å²) in [5, 5.41) is 0. The maximum atomic E-state index is 5.85. The van der Waals surface area contributed by atoms with Crippen LogP contribution in [0.15, 0.2) is 24.3 Å². The third-order valence-electron chi connectivity index (χ3n) is 3.99. The molecule has 0 aliphatic carbocycles. The molecule has 19 heavy (non-hydrogen) atoms. The number of benzene rings is 1. The van der Waals surface area contributed by atoms with E-state index in [4.69, 9.17) is 10.5 Å². The van der Waals surface area contributed by atoms with E-state index in [0.29, 0.717) is 0 Å². The fraction of sp³-hybridized carbons (Fsp3) is 0.625. The zero-order chi connectivity index (χ0) is 13.5. The number of nitrogens with zero attached hydrogens (tertiary/aromatic N) is 1. The average molecular weight is 262 g/mol. The first-order valence-corrected chi connectivity index (χ1v) is 7.52. The molecule has 1 unspecified atom stereocenters. The predicted octanol–water partition coefficient (Wildman–Crippen LogP) is 3.30. The van der Waals surface area contributed by atoms with Gasteiger partial charge in [0.25, 0.3) is 0 Å². The minimum Gasteiger partial charge on any atom is -0.491 e. The largest absolute Gasteiger partial charge is 0.491 e. The van der Waals surface area contributed by atoms with Crippen molar-refractivity contribution in [3.05, 3.63) is 24.3 Å². The summed E-state index contributed by atoms with van der Waals surface area (Å²) in [6.45, 7) is 5.45. The van der Waals surface area contributed by atoms with Crippen LogP contribution in [0, 0.1) is 0 Å². The molecule has 0 bridgehead atoms. The van der Waals surface area contributed by atoms with Crippen LogP contribution in [-0.4, -0.2) is 30.6 Å². The fourth-order valence-corrected chi connectivity index (χ4v) is 2.88. The summed E-state index contributed by atoms with van der Waals surface area (Å²) in [4.78, 5) is 2.63. The van der Waals surface area contributed by atoms with Crippen molar-refractivity contribution in [2.24, 2.45) is 0 Å². The van der Waals surface area contributed by atoms with Crippen LogP contribution in [0.3, 0.4) is 0 Å². The van der Waals surface area contributed by atoms with E-state index >= 15 is 0 Å². The quantitative estimate of drug-likeness (QED) is 0.631. The van der Waals surface area contributed by atoms with Crippen LogP contribution in [0.1, 0.15) is 39.0 Å². The van der Waals surface area contributed by atoms with Crippen molar-refractivity contribution < 1.29 is 4.74 Å². The molecule has 3 heteroatoms. The van der Waals surface area contributed by atoms with Gasteiger partial charge in [0, 0.05) is 12.6 Å². The monoisotopic (exact) mass is 262 g/mol. The highest BCUT2D eigenvalue weighted by molar-refractivity contribution is 5.51. The highest BCUT2D eigenvalue weighted by Gasteiger charge is 2.19. The molecule has 106 valence electrons. The SMILES string of the molecule is CCC1CCCCN1CCCOc1ccccc1N. The molecule has 3 nitrogen and oxygen atoms in total. The van der Waals surface area contributed by atoms with Crippen LogP contribution in [0.2, 0.25) is 0 Å². The molecule has 1 fully saturated rings. The van der Waals surface area contributed by atoms with E-state index in [0.717, 1.165) is 37.1 Å². The van der Waals surface area contributed by atoms with E-state index in [1.807, 2.05) is 24.3 Å². The van der Waals surface area contributed by atoms with Gasteiger partial charge in [-0.25, -0.2) is 0 Å². The number of nitrogen functional groups attached to an aromatic ring is 1. The Morgan fingerprint density at radius 1 is 1.32 bits per heavy atom. The number of rotatable bonds is 6. The number of piperidine rings is 1. The fourth-order valence-electron chi connectivity index (χ4n) is 2.88. The second-order valence-electron chi connectivity index (χ2n) is 5.33. The summed E-state index contributed by atoms with van der Waals surface area (Å²) in [7, 11) is 0. The molecule has 1 aromatic rings. The lowest BCUT2D eigenvalue weighted by Gasteiger charge is -2.35. The van der Waals surface area contributed by atoms with Crippen LogP contribution in [0.25, 0.3) is 0 Å². The van der Waals surface area contributed by atoms with Crippen molar-refractivity contribution in [3.8, 4) is 5.75 Å². The maximum Gasteiger partial charge on any atom is 0.142 e. The molecule has 0 amide bonds. The molecule has 0 saturated carbocycles. The molecule has 0 aromatic heterocycles. The van der Waals surface area contributed by atoms with Crippen molar-refractivity contribution in [3.63, 3.8) is 0 Å². The topological polar surface area (TPSA) is 38.5 Å². The molecule has 2 rings (SSSR count). The summed E-state index contributed by atoms with van der Waals surface area (Å²) >= 11 is 0. The molecule has 1 aromatic carbocycles. The second-order valence-corrected chi connectivity index (χ2v) is 5.33. The van der Waals surface area contributed by atoms with Crippen LogP contribution in [0.5, 0.6) is 5.75 Å². The van der Waals surface area contributed by atoms with E-state index in [9.17, 15) is 0 Å². The minimum absolute atomic E-state index is 0.729. The number of hydrogen-bond donors (Lipinski definition) is 1.